The van der Waals surface area contributed by atoms with Gasteiger partial charge in [-0.25, -0.2) is 8.42 Å². The largest absolute Gasteiger partial charge is 0.381 e. The summed E-state index contributed by atoms with van der Waals surface area (Å²) in [6.07, 6.45) is 1.72. The van der Waals surface area contributed by atoms with E-state index in [-0.39, 0.29) is 18.2 Å². The Kier molecular flexibility index (Phi) is 5.58. The monoisotopic (exact) mass is 419 g/mol. The van der Waals surface area contributed by atoms with Crippen LogP contribution in [0, 0.1) is 0 Å². The van der Waals surface area contributed by atoms with Gasteiger partial charge in [-0.1, -0.05) is 36.4 Å². The van der Waals surface area contributed by atoms with Crippen LogP contribution in [0.1, 0.15) is 35.0 Å². The fraction of sp³-hybridized carbons (Fsp3) is 0.476. The van der Waals surface area contributed by atoms with Crippen LogP contribution in [-0.4, -0.2) is 51.3 Å². The van der Waals surface area contributed by atoms with E-state index in [2.05, 4.69) is 0 Å². The second kappa shape index (κ2) is 7.97. The maximum absolute atomic E-state index is 13.7. The number of nitrogens with zero attached hydrogens (tertiary/aromatic N) is 1. The Morgan fingerprint density at radius 2 is 1.82 bits per heavy atom. The van der Waals surface area contributed by atoms with Gasteiger partial charge in [0.25, 0.3) is 0 Å². The molecule has 2 saturated heterocycles. The highest BCUT2D eigenvalue weighted by Gasteiger charge is 2.45. The van der Waals surface area contributed by atoms with E-state index in [4.69, 9.17) is 4.74 Å². The normalized spacial score (nSPS) is 24.4. The van der Waals surface area contributed by atoms with Gasteiger partial charge in [0, 0.05) is 31.2 Å². The van der Waals surface area contributed by atoms with E-state index in [0.29, 0.717) is 39.0 Å². The zero-order valence-electron chi connectivity index (χ0n) is 15.7. The van der Waals surface area contributed by atoms with Crippen molar-refractivity contribution in [1.29, 1.82) is 0 Å². The number of thiophene rings is 1. The quantitative estimate of drug-likeness (QED) is 0.767. The summed E-state index contributed by atoms with van der Waals surface area (Å²) in [6, 6.07) is 13.6. The van der Waals surface area contributed by atoms with Gasteiger partial charge in [0.2, 0.25) is 5.91 Å². The molecular formula is C21H25NO4S2. The Morgan fingerprint density at radius 3 is 2.50 bits per heavy atom. The first-order valence-electron chi connectivity index (χ1n) is 9.71. The molecule has 1 unspecified atom stereocenters. The number of carbonyl (C=O) groups excluding carboxylic acids is 1. The molecule has 1 atom stereocenters. The Labute approximate surface area is 170 Å². The smallest absolute Gasteiger partial charge is 0.233 e. The van der Waals surface area contributed by atoms with Crippen molar-refractivity contribution >= 4 is 27.1 Å². The maximum atomic E-state index is 13.7. The number of benzene rings is 1. The number of rotatable bonds is 3. The average Bonchev–Trinajstić information content (AvgIpc) is 3.20. The van der Waals surface area contributed by atoms with Gasteiger partial charge in [-0.05, 0) is 36.3 Å². The fourth-order valence-corrected chi connectivity index (χ4v) is 7.35. The lowest BCUT2D eigenvalue weighted by Gasteiger charge is -2.40. The molecule has 0 spiro atoms. The molecule has 3 heterocycles. The van der Waals surface area contributed by atoms with Gasteiger partial charge in [0.15, 0.2) is 9.84 Å². The minimum atomic E-state index is -3.27. The Hall–Kier alpha value is -1.70. The van der Waals surface area contributed by atoms with Crippen LogP contribution in [0.25, 0.3) is 0 Å². The average molecular weight is 420 g/mol. The van der Waals surface area contributed by atoms with Gasteiger partial charge in [0.05, 0.1) is 16.4 Å². The van der Waals surface area contributed by atoms with Crippen LogP contribution < -0.4 is 0 Å². The predicted octanol–water partition coefficient (Wildman–Crippen LogP) is 3.18. The summed E-state index contributed by atoms with van der Waals surface area (Å²) in [5.41, 5.74) is 0.386. The molecule has 150 valence electrons. The van der Waals surface area contributed by atoms with Crippen LogP contribution in [0.4, 0.5) is 0 Å². The molecule has 0 aliphatic carbocycles. The molecule has 0 radical (unpaired) electrons. The van der Waals surface area contributed by atoms with Gasteiger partial charge in [-0.2, -0.15) is 0 Å². The third-order valence-corrected chi connectivity index (χ3v) is 9.21. The highest BCUT2D eigenvalue weighted by atomic mass is 32.2. The first kappa shape index (κ1) is 19.6. The number of carbonyl (C=O) groups is 1. The third kappa shape index (κ3) is 3.63. The zero-order chi connectivity index (χ0) is 19.6. The van der Waals surface area contributed by atoms with Crippen molar-refractivity contribution in [3.63, 3.8) is 0 Å². The lowest BCUT2D eigenvalue weighted by molar-refractivity contribution is -0.141. The first-order chi connectivity index (χ1) is 13.5. The second-order valence-electron chi connectivity index (χ2n) is 7.51. The van der Waals surface area contributed by atoms with Crippen molar-refractivity contribution in [3.8, 4) is 0 Å². The van der Waals surface area contributed by atoms with E-state index in [1.807, 2.05) is 47.8 Å². The molecule has 2 aromatic rings. The summed E-state index contributed by atoms with van der Waals surface area (Å²) < 4.78 is 31.2. The minimum absolute atomic E-state index is 0.0165. The van der Waals surface area contributed by atoms with Crippen LogP contribution >= 0.6 is 11.3 Å². The molecule has 0 bridgehead atoms. The lowest BCUT2D eigenvalue weighted by atomic mass is 9.73. The standard InChI is InChI=1S/C21H25NO4S2/c23-20(21(9-13-26-14-10-21)17-5-2-1-3-6-17)22-11-8-19(18-7-4-15-27-18)28(24,25)16-12-22/h1-7,15,19H,8-14,16H2. The molecule has 1 amide bonds. The Morgan fingerprint density at radius 1 is 1.07 bits per heavy atom. The van der Waals surface area contributed by atoms with E-state index in [9.17, 15) is 13.2 Å². The molecule has 1 aromatic heterocycles. The fourth-order valence-electron chi connectivity index (χ4n) is 4.35. The number of amides is 1. The van der Waals surface area contributed by atoms with Crippen LogP contribution in [0.5, 0.6) is 0 Å². The van der Waals surface area contributed by atoms with Crippen molar-refractivity contribution < 1.29 is 17.9 Å². The number of sulfone groups is 1. The van der Waals surface area contributed by atoms with Crippen molar-refractivity contribution in [1.82, 2.24) is 4.90 Å². The van der Waals surface area contributed by atoms with Gasteiger partial charge in [-0.15, -0.1) is 11.3 Å². The highest BCUT2D eigenvalue weighted by molar-refractivity contribution is 7.91. The highest BCUT2D eigenvalue weighted by Crippen LogP contribution is 2.38. The molecular weight excluding hydrogens is 394 g/mol. The van der Waals surface area contributed by atoms with E-state index in [1.54, 1.807) is 4.90 Å². The van der Waals surface area contributed by atoms with Crippen molar-refractivity contribution in [2.75, 3.05) is 32.1 Å². The summed E-state index contributed by atoms with van der Waals surface area (Å²) >= 11 is 1.48. The molecule has 28 heavy (non-hydrogen) atoms. The molecule has 7 heteroatoms. The molecule has 4 rings (SSSR count). The number of ether oxygens (including phenoxy) is 1. The Balaban J connectivity index is 1.62. The summed E-state index contributed by atoms with van der Waals surface area (Å²) in [6.45, 7) is 1.82. The van der Waals surface area contributed by atoms with E-state index in [1.165, 1.54) is 11.3 Å². The SMILES string of the molecule is O=C(N1CCC(c2cccs2)S(=O)(=O)CC1)C1(c2ccccc2)CCOCC1. The molecule has 1 aromatic carbocycles. The zero-order valence-corrected chi connectivity index (χ0v) is 17.4. The minimum Gasteiger partial charge on any atom is -0.381 e. The summed E-state index contributed by atoms with van der Waals surface area (Å²) in [4.78, 5) is 16.4. The molecule has 2 aliphatic rings. The molecule has 2 aliphatic heterocycles. The first-order valence-corrected chi connectivity index (χ1v) is 12.3. The van der Waals surface area contributed by atoms with Gasteiger partial charge >= 0.3 is 0 Å². The third-order valence-electron chi connectivity index (χ3n) is 5.97. The van der Waals surface area contributed by atoms with Gasteiger partial charge in [-0.3, -0.25) is 4.79 Å². The number of hydrogen-bond donors (Lipinski definition) is 0. The summed E-state index contributed by atoms with van der Waals surface area (Å²) in [7, 11) is -3.27. The van der Waals surface area contributed by atoms with Crippen molar-refractivity contribution in [2.45, 2.75) is 29.9 Å². The van der Waals surface area contributed by atoms with Gasteiger partial charge in [0.1, 0.15) is 0 Å². The summed E-state index contributed by atoms with van der Waals surface area (Å²) in [5.74, 6) is 0.0619. The molecule has 0 saturated carbocycles. The number of hydrogen-bond acceptors (Lipinski definition) is 5. The topological polar surface area (TPSA) is 63.7 Å². The molecule has 2 fully saturated rings. The van der Waals surface area contributed by atoms with E-state index >= 15 is 0 Å². The maximum Gasteiger partial charge on any atom is 0.233 e. The summed E-state index contributed by atoms with van der Waals surface area (Å²) in [5, 5.41) is 1.40. The van der Waals surface area contributed by atoms with E-state index in [0.717, 1.165) is 10.4 Å². The molecule has 5 nitrogen and oxygen atoms in total. The second-order valence-corrected chi connectivity index (χ2v) is 10.8. The lowest BCUT2D eigenvalue weighted by Crippen LogP contribution is -2.50. The van der Waals surface area contributed by atoms with Crippen LogP contribution in [0.2, 0.25) is 0 Å². The predicted molar refractivity (Wildman–Crippen MR) is 110 cm³/mol. The van der Waals surface area contributed by atoms with Crippen molar-refractivity contribution in [2.24, 2.45) is 0 Å². The van der Waals surface area contributed by atoms with E-state index < -0.39 is 20.5 Å². The molecule has 0 N–H and O–H groups in total. The van der Waals surface area contributed by atoms with Crippen LogP contribution in [-0.2, 0) is 24.8 Å². The Bertz CT molecular complexity index is 903. The van der Waals surface area contributed by atoms with Gasteiger partial charge < -0.3 is 9.64 Å². The van der Waals surface area contributed by atoms with Crippen LogP contribution in [0.3, 0.4) is 0 Å². The van der Waals surface area contributed by atoms with Crippen LogP contribution in [0.15, 0.2) is 47.8 Å². The van der Waals surface area contributed by atoms with Crippen molar-refractivity contribution in [3.05, 3.63) is 58.3 Å².